The van der Waals surface area contributed by atoms with Gasteiger partial charge in [0.05, 0.1) is 11.2 Å². The molecule has 0 unspecified atom stereocenters. The Balaban J connectivity index is 1.66. The van der Waals surface area contributed by atoms with E-state index in [9.17, 15) is 4.79 Å². The summed E-state index contributed by atoms with van der Waals surface area (Å²) in [6.07, 6.45) is 0.924. The summed E-state index contributed by atoms with van der Waals surface area (Å²) in [4.78, 5) is 18.9. The van der Waals surface area contributed by atoms with Gasteiger partial charge in [0.1, 0.15) is 6.04 Å². The number of fused-ring (bicyclic) bond motifs is 2. The van der Waals surface area contributed by atoms with E-state index < -0.39 is 0 Å². The standard InChI is InChI=1S/C20H19N3O/c21-20(24)19-17-7-3-1-5-14(17)11-12-23(19)13-16-10-9-15-6-2-4-8-18(15)22-16/h1-10,19H,11-13H2,(H2,21,24)/t19-/m1/s1. The van der Waals surface area contributed by atoms with Gasteiger partial charge in [-0.15, -0.1) is 0 Å². The molecule has 2 N–H and O–H groups in total. The number of para-hydroxylation sites is 1. The molecular weight excluding hydrogens is 298 g/mol. The van der Waals surface area contributed by atoms with Crippen molar-refractivity contribution in [1.29, 1.82) is 0 Å². The number of hydrogen-bond acceptors (Lipinski definition) is 3. The van der Waals surface area contributed by atoms with E-state index in [1.807, 2.05) is 42.5 Å². The third kappa shape index (κ3) is 2.65. The van der Waals surface area contributed by atoms with Crippen molar-refractivity contribution in [1.82, 2.24) is 9.88 Å². The van der Waals surface area contributed by atoms with E-state index in [1.165, 1.54) is 5.56 Å². The van der Waals surface area contributed by atoms with Crippen LogP contribution >= 0.6 is 0 Å². The van der Waals surface area contributed by atoms with E-state index in [2.05, 4.69) is 23.1 Å². The quantitative estimate of drug-likeness (QED) is 0.808. The molecule has 4 nitrogen and oxygen atoms in total. The van der Waals surface area contributed by atoms with Crippen molar-refractivity contribution in [3.05, 3.63) is 77.5 Å². The van der Waals surface area contributed by atoms with Gasteiger partial charge in [0, 0.05) is 18.5 Å². The minimum absolute atomic E-state index is 0.303. The van der Waals surface area contributed by atoms with E-state index in [1.54, 1.807) is 0 Å². The van der Waals surface area contributed by atoms with Crippen molar-refractivity contribution in [2.75, 3.05) is 6.54 Å². The topological polar surface area (TPSA) is 59.2 Å². The maximum Gasteiger partial charge on any atom is 0.239 e. The maximum atomic E-state index is 12.1. The summed E-state index contributed by atoms with van der Waals surface area (Å²) in [5.41, 5.74) is 9.89. The van der Waals surface area contributed by atoms with Crippen LogP contribution < -0.4 is 5.73 Å². The molecule has 0 radical (unpaired) electrons. The zero-order chi connectivity index (χ0) is 16.5. The van der Waals surface area contributed by atoms with Gasteiger partial charge >= 0.3 is 0 Å². The van der Waals surface area contributed by atoms with E-state index >= 15 is 0 Å². The lowest BCUT2D eigenvalue weighted by atomic mass is 9.92. The van der Waals surface area contributed by atoms with Crippen LogP contribution in [0, 0.1) is 0 Å². The van der Waals surface area contributed by atoms with Crippen LogP contribution in [0.5, 0.6) is 0 Å². The summed E-state index contributed by atoms with van der Waals surface area (Å²) in [5, 5.41) is 1.12. The van der Waals surface area contributed by atoms with Gasteiger partial charge in [-0.05, 0) is 29.7 Å². The first kappa shape index (κ1) is 14.8. The van der Waals surface area contributed by atoms with E-state index in [0.717, 1.165) is 35.1 Å². The summed E-state index contributed by atoms with van der Waals surface area (Å²) in [6.45, 7) is 1.42. The third-order valence-electron chi connectivity index (χ3n) is 4.67. The smallest absolute Gasteiger partial charge is 0.239 e. The molecule has 0 fully saturated rings. The molecule has 0 bridgehead atoms. The molecule has 0 aliphatic carbocycles. The van der Waals surface area contributed by atoms with Crippen molar-refractivity contribution in [2.45, 2.75) is 19.0 Å². The highest BCUT2D eigenvalue weighted by Crippen LogP contribution is 2.30. The molecule has 0 saturated carbocycles. The number of carbonyl (C=O) groups is 1. The average molecular weight is 317 g/mol. The summed E-state index contributed by atoms with van der Waals surface area (Å²) in [6, 6.07) is 19.8. The number of hydrogen-bond donors (Lipinski definition) is 1. The fraction of sp³-hybridized carbons (Fsp3) is 0.200. The van der Waals surface area contributed by atoms with Crippen molar-refractivity contribution >= 4 is 16.8 Å². The molecule has 120 valence electrons. The van der Waals surface area contributed by atoms with Crippen molar-refractivity contribution in [3.8, 4) is 0 Å². The Labute approximate surface area is 140 Å². The maximum absolute atomic E-state index is 12.1. The van der Waals surface area contributed by atoms with Gasteiger partial charge in [0.2, 0.25) is 5.91 Å². The summed E-state index contributed by atoms with van der Waals surface area (Å²) >= 11 is 0. The van der Waals surface area contributed by atoms with Crippen LogP contribution in [0.2, 0.25) is 0 Å². The first-order valence-corrected chi connectivity index (χ1v) is 8.18. The molecule has 0 spiro atoms. The number of aromatic nitrogens is 1. The molecule has 4 rings (SSSR count). The van der Waals surface area contributed by atoms with Gasteiger partial charge in [0.15, 0.2) is 0 Å². The van der Waals surface area contributed by atoms with E-state index in [4.69, 9.17) is 10.7 Å². The lowest BCUT2D eigenvalue weighted by Crippen LogP contribution is -2.42. The Morgan fingerprint density at radius 3 is 2.75 bits per heavy atom. The van der Waals surface area contributed by atoms with Crippen LogP contribution in [-0.2, 0) is 17.8 Å². The second-order valence-corrected chi connectivity index (χ2v) is 6.22. The van der Waals surface area contributed by atoms with Crippen molar-refractivity contribution in [2.24, 2.45) is 5.73 Å². The number of rotatable bonds is 3. The highest BCUT2D eigenvalue weighted by atomic mass is 16.1. The SMILES string of the molecule is NC(=O)[C@H]1c2ccccc2CCN1Cc1ccc2ccccc2n1. The number of carbonyl (C=O) groups excluding carboxylic acids is 1. The number of nitrogens with zero attached hydrogens (tertiary/aromatic N) is 2. The number of amides is 1. The van der Waals surface area contributed by atoms with Gasteiger partial charge in [-0.3, -0.25) is 14.7 Å². The van der Waals surface area contributed by atoms with Gasteiger partial charge in [-0.1, -0.05) is 48.5 Å². The van der Waals surface area contributed by atoms with Crippen LogP contribution in [0.4, 0.5) is 0 Å². The summed E-state index contributed by atoms with van der Waals surface area (Å²) < 4.78 is 0. The minimum Gasteiger partial charge on any atom is -0.368 e. The van der Waals surface area contributed by atoms with Gasteiger partial charge in [-0.2, -0.15) is 0 Å². The Bertz CT molecular complexity index is 906. The number of nitrogens with two attached hydrogens (primary N) is 1. The van der Waals surface area contributed by atoms with Crippen LogP contribution in [0.3, 0.4) is 0 Å². The average Bonchev–Trinajstić information content (AvgIpc) is 2.61. The molecule has 1 amide bonds. The Kier molecular flexibility index (Phi) is 3.75. The van der Waals surface area contributed by atoms with E-state index in [-0.39, 0.29) is 11.9 Å². The Hall–Kier alpha value is -2.72. The largest absolute Gasteiger partial charge is 0.368 e. The fourth-order valence-corrected chi connectivity index (χ4v) is 3.53. The molecule has 0 saturated heterocycles. The highest BCUT2D eigenvalue weighted by molar-refractivity contribution is 5.82. The monoisotopic (exact) mass is 317 g/mol. The molecule has 1 aromatic heterocycles. The minimum atomic E-state index is -0.386. The van der Waals surface area contributed by atoms with Crippen molar-refractivity contribution in [3.63, 3.8) is 0 Å². The molecule has 24 heavy (non-hydrogen) atoms. The van der Waals surface area contributed by atoms with Crippen LogP contribution in [0.1, 0.15) is 22.9 Å². The first-order chi connectivity index (χ1) is 11.7. The molecule has 2 aromatic carbocycles. The number of primary amides is 1. The van der Waals surface area contributed by atoms with Gasteiger partial charge in [0.25, 0.3) is 0 Å². The second kappa shape index (κ2) is 6.06. The second-order valence-electron chi connectivity index (χ2n) is 6.22. The zero-order valence-corrected chi connectivity index (χ0v) is 13.4. The zero-order valence-electron chi connectivity index (χ0n) is 13.4. The van der Waals surface area contributed by atoms with Crippen LogP contribution in [0.15, 0.2) is 60.7 Å². The predicted octanol–water partition coefficient (Wildman–Crippen LogP) is 2.82. The molecule has 1 atom stereocenters. The molecular formula is C20H19N3O. The first-order valence-electron chi connectivity index (χ1n) is 8.18. The third-order valence-corrected chi connectivity index (χ3v) is 4.67. The van der Waals surface area contributed by atoms with Gasteiger partial charge < -0.3 is 5.73 Å². The van der Waals surface area contributed by atoms with E-state index in [0.29, 0.717) is 6.54 Å². The Morgan fingerprint density at radius 1 is 1.08 bits per heavy atom. The highest BCUT2D eigenvalue weighted by Gasteiger charge is 2.31. The summed E-state index contributed by atoms with van der Waals surface area (Å²) in [5.74, 6) is -0.303. The molecule has 1 aliphatic rings. The molecule has 4 heteroatoms. The lowest BCUT2D eigenvalue weighted by molar-refractivity contribution is -0.124. The van der Waals surface area contributed by atoms with Crippen molar-refractivity contribution < 1.29 is 4.79 Å². The summed E-state index contributed by atoms with van der Waals surface area (Å²) in [7, 11) is 0. The molecule has 3 aromatic rings. The van der Waals surface area contributed by atoms with Crippen LogP contribution in [-0.4, -0.2) is 22.3 Å². The van der Waals surface area contributed by atoms with Crippen LogP contribution in [0.25, 0.3) is 10.9 Å². The predicted molar refractivity (Wildman–Crippen MR) is 94.2 cm³/mol. The Morgan fingerprint density at radius 2 is 1.88 bits per heavy atom. The fourth-order valence-electron chi connectivity index (χ4n) is 3.53. The lowest BCUT2D eigenvalue weighted by Gasteiger charge is -2.35. The normalized spacial score (nSPS) is 17.6. The molecule has 2 heterocycles. The number of pyridine rings is 1. The van der Waals surface area contributed by atoms with Gasteiger partial charge in [-0.25, -0.2) is 0 Å². The molecule has 1 aliphatic heterocycles. The number of benzene rings is 2.